The summed E-state index contributed by atoms with van der Waals surface area (Å²) in [7, 11) is -3.35. The highest BCUT2D eigenvalue weighted by Gasteiger charge is 2.30. The van der Waals surface area contributed by atoms with E-state index in [2.05, 4.69) is 19.2 Å². The topological polar surface area (TPSA) is 83.5 Å². The zero-order chi connectivity index (χ0) is 22.8. The van der Waals surface area contributed by atoms with E-state index in [0.29, 0.717) is 28.9 Å². The van der Waals surface area contributed by atoms with Crippen molar-refractivity contribution in [3.05, 3.63) is 64.7 Å². The first-order valence-corrected chi connectivity index (χ1v) is 12.0. The van der Waals surface area contributed by atoms with E-state index in [-0.39, 0.29) is 30.3 Å². The molecule has 8 heteroatoms. The third-order valence-corrected chi connectivity index (χ3v) is 7.12. The fourth-order valence-electron chi connectivity index (χ4n) is 3.90. The molecule has 1 aliphatic heterocycles. The summed E-state index contributed by atoms with van der Waals surface area (Å²) >= 11 is 0. The molecule has 168 valence electrons. The number of aliphatic hydroxyl groups excluding tert-OH is 1. The number of hydrogen-bond acceptors (Lipinski definition) is 5. The number of ketones is 1. The molecule has 0 spiro atoms. The van der Waals surface area contributed by atoms with Gasteiger partial charge in [-0.1, -0.05) is 26.0 Å². The van der Waals surface area contributed by atoms with Crippen LogP contribution in [0, 0.1) is 17.6 Å². The summed E-state index contributed by atoms with van der Waals surface area (Å²) in [5.41, 5.74) is 1.58. The van der Waals surface area contributed by atoms with Crippen LogP contribution in [0.3, 0.4) is 0 Å². The highest BCUT2D eigenvalue weighted by molar-refractivity contribution is 7.91. The van der Waals surface area contributed by atoms with Crippen molar-refractivity contribution in [2.45, 2.75) is 50.2 Å². The molecular formula is C23H27F2NO4S. The van der Waals surface area contributed by atoms with Gasteiger partial charge in [0, 0.05) is 30.6 Å². The molecule has 1 aliphatic rings. The lowest BCUT2D eigenvalue weighted by atomic mass is 9.96. The second kappa shape index (κ2) is 9.54. The Morgan fingerprint density at radius 1 is 1.16 bits per heavy atom. The summed E-state index contributed by atoms with van der Waals surface area (Å²) < 4.78 is 51.6. The smallest absolute Gasteiger partial charge is 0.178 e. The van der Waals surface area contributed by atoms with Crippen LogP contribution in [0.5, 0.6) is 0 Å². The minimum Gasteiger partial charge on any atom is -0.391 e. The molecule has 2 unspecified atom stereocenters. The van der Waals surface area contributed by atoms with E-state index in [1.165, 1.54) is 0 Å². The summed E-state index contributed by atoms with van der Waals surface area (Å²) in [5.74, 6) is -1.86. The Labute approximate surface area is 181 Å². The molecule has 0 radical (unpaired) electrons. The minimum absolute atomic E-state index is 0.00120. The van der Waals surface area contributed by atoms with E-state index in [1.54, 1.807) is 6.07 Å². The number of Topliss-reactive ketones (excluding diaryl/α,β-unsaturated/α-hetero) is 1. The maximum absolute atomic E-state index is 13.3. The lowest BCUT2D eigenvalue weighted by Crippen LogP contribution is -2.35. The Morgan fingerprint density at radius 3 is 2.48 bits per heavy atom. The van der Waals surface area contributed by atoms with Crippen molar-refractivity contribution >= 4 is 15.6 Å². The Bertz CT molecular complexity index is 1050. The monoisotopic (exact) mass is 451 g/mol. The van der Waals surface area contributed by atoms with Gasteiger partial charge in [0.25, 0.3) is 0 Å². The van der Waals surface area contributed by atoms with Crippen LogP contribution in [0.1, 0.15) is 54.2 Å². The number of aliphatic hydroxyl groups is 1. The predicted molar refractivity (Wildman–Crippen MR) is 114 cm³/mol. The highest BCUT2D eigenvalue weighted by atomic mass is 32.2. The first-order valence-electron chi connectivity index (χ1n) is 10.3. The molecule has 31 heavy (non-hydrogen) atoms. The summed E-state index contributed by atoms with van der Waals surface area (Å²) in [4.78, 5) is 12.5. The molecule has 2 aromatic rings. The van der Waals surface area contributed by atoms with Crippen LogP contribution in [-0.4, -0.2) is 37.7 Å². The molecule has 1 heterocycles. The maximum atomic E-state index is 13.3. The predicted octanol–water partition coefficient (Wildman–Crippen LogP) is 3.61. The van der Waals surface area contributed by atoms with Crippen molar-refractivity contribution in [1.82, 2.24) is 5.32 Å². The lowest BCUT2D eigenvalue weighted by molar-refractivity contribution is 0.0873. The molecule has 0 amide bonds. The van der Waals surface area contributed by atoms with Crippen molar-refractivity contribution in [3.63, 3.8) is 0 Å². The van der Waals surface area contributed by atoms with Gasteiger partial charge in [0.2, 0.25) is 0 Å². The van der Waals surface area contributed by atoms with Gasteiger partial charge in [-0.05, 0) is 48.1 Å². The minimum atomic E-state index is -3.35. The van der Waals surface area contributed by atoms with E-state index in [9.17, 15) is 27.1 Å². The first kappa shape index (κ1) is 23.5. The molecule has 3 rings (SSSR count). The van der Waals surface area contributed by atoms with Gasteiger partial charge < -0.3 is 10.4 Å². The summed E-state index contributed by atoms with van der Waals surface area (Å²) in [6, 6.07) is 7.66. The number of hydrogen-bond donors (Lipinski definition) is 2. The van der Waals surface area contributed by atoms with Crippen LogP contribution in [0.4, 0.5) is 8.78 Å². The molecule has 0 aromatic heterocycles. The fourth-order valence-corrected chi connectivity index (χ4v) is 5.50. The molecule has 0 fully saturated rings. The number of rotatable bonds is 8. The first-order chi connectivity index (χ1) is 14.5. The Morgan fingerprint density at radius 2 is 1.84 bits per heavy atom. The molecule has 2 atom stereocenters. The number of nitrogens with one attached hydrogen (secondary N) is 1. The molecule has 2 aromatic carbocycles. The molecule has 5 nitrogen and oxygen atoms in total. The average molecular weight is 452 g/mol. The van der Waals surface area contributed by atoms with Crippen LogP contribution in [-0.2, 0) is 16.3 Å². The molecular weight excluding hydrogens is 424 g/mol. The van der Waals surface area contributed by atoms with Gasteiger partial charge in [0.05, 0.1) is 16.8 Å². The molecule has 0 saturated heterocycles. The second-order valence-corrected chi connectivity index (χ2v) is 10.6. The molecule has 0 aliphatic carbocycles. The van der Waals surface area contributed by atoms with E-state index in [4.69, 9.17) is 0 Å². The van der Waals surface area contributed by atoms with Gasteiger partial charge in [-0.15, -0.1) is 0 Å². The number of sulfone groups is 1. The van der Waals surface area contributed by atoms with Gasteiger partial charge in [0.1, 0.15) is 11.6 Å². The largest absolute Gasteiger partial charge is 0.391 e. The van der Waals surface area contributed by atoms with Crippen LogP contribution in [0.15, 0.2) is 41.3 Å². The van der Waals surface area contributed by atoms with Crippen molar-refractivity contribution in [1.29, 1.82) is 0 Å². The van der Waals surface area contributed by atoms with Crippen LogP contribution in [0.25, 0.3) is 0 Å². The highest BCUT2D eigenvalue weighted by Crippen LogP contribution is 2.33. The molecule has 0 bridgehead atoms. The maximum Gasteiger partial charge on any atom is 0.178 e. The standard InChI is InChI=1S/C23H27F2NO4S/c1-14(2)7-15-3-4-23-20(8-15)21(5-6-31(23,29)30)26-13-19(27)12-22(28)16-9-17(24)11-18(25)10-16/h3-4,8-11,14,19,21,26-27H,5-7,12-13H2,1-2H3. The number of carbonyl (C=O) groups is 1. The van der Waals surface area contributed by atoms with E-state index in [1.807, 2.05) is 12.1 Å². The van der Waals surface area contributed by atoms with Crippen molar-refractivity contribution in [2.24, 2.45) is 5.92 Å². The normalized spacial score (nSPS) is 18.6. The quantitative estimate of drug-likeness (QED) is 0.599. The Hall–Kier alpha value is -2.16. The van der Waals surface area contributed by atoms with Crippen molar-refractivity contribution in [3.8, 4) is 0 Å². The van der Waals surface area contributed by atoms with Gasteiger partial charge >= 0.3 is 0 Å². The van der Waals surface area contributed by atoms with E-state index in [0.717, 1.165) is 24.1 Å². The number of fused-ring (bicyclic) bond motifs is 1. The molecule has 0 saturated carbocycles. The summed E-state index contributed by atoms with van der Waals surface area (Å²) in [6.07, 6.45) is -0.210. The number of halogens is 2. The summed E-state index contributed by atoms with van der Waals surface area (Å²) in [6.45, 7) is 4.22. The third kappa shape index (κ3) is 5.96. The van der Waals surface area contributed by atoms with Crippen molar-refractivity contribution < 1.29 is 27.1 Å². The second-order valence-electron chi connectivity index (χ2n) is 8.48. The molecule has 2 N–H and O–H groups in total. The average Bonchev–Trinajstić information content (AvgIpc) is 2.66. The van der Waals surface area contributed by atoms with Gasteiger partial charge in [-0.2, -0.15) is 0 Å². The van der Waals surface area contributed by atoms with Crippen LogP contribution in [0.2, 0.25) is 0 Å². The third-order valence-electron chi connectivity index (χ3n) is 5.31. The van der Waals surface area contributed by atoms with Gasteiger partial charge in [-0.25, -0.2) is 17.2 Å². The van der Waals surface area contributed by atoms with Gasteiger partial charge in [-0.3, -0.25) is 4.79 Å². The van der Waals surface area contributed by atoms with Gasteiger partial charge in [0.15, 0.2) is 15.6 Å². The van der Waals surface area contributed by atoms with E-state index >= 15 is 0 Å². The summed E-state index contributed by atoms with van der Waals surface area (Å²) in [5, 5.41) is 13.4. The zero-order valence-electron chi connectivity index (χ0n) is 17.6. The number of carbonyl (C=O) groups excluding carboxylic acids is 1. The van der Waals surface area contributed by atoms with E-state index < -0.39 is 33.4 Å². The number of benzene rings is 2. The SMILES string of the molecule is CC(C)Cc1ccc2c(c1)C(NCC(O)CC(=O)c1cc(F)cc(F)c1)CCS2(=O)=O. The van der Waals surface area contributed by atoms with Crippen LogP contribution >= 0.6 is 0 Å². The fraction of sp³-hybridized carbons (Fsp3) is 0.435. The van der Waals surface area contributed by atoms with Crippen LogP contribution < -0.4 is 5.32 Å². The zero-order valence-corrected chi connectivity index (χ0v) is 18.4. The Kier molecular flexibility index (Phi) is 7.24. The Balaban J connectivity index is 1.69. The lowest BCUT2D eigenvalue weighted by Gasteiger charge is -2.28. The van der Waals surface area contributed by atoms with Crippen molar-refractivity contribution in [2.75, 3.05) is 12.3 Å².